The number of carbonyl (C=O) groups is 1. The summed E-state index contributed by atoms with van der Waals surface area (Å²) in [6.07, 6.45) is 9.99. The second-order valence-electron chi connectivity index (χ2n) is 6.54. The Hall–Kier alpha value is -0.610. The number of carboxylic acid groups (broad SMARTS) is 1. The minimum atomic E-state index is -0.692. The summed E-state index contributed by atoms with van der Waals surface area (Å²) >= 11 is 0. The molecule has 0 saturated carbocycles. The predicted molar refractivity (Wildman–Crippen MR) is 81.3 cm³/mol. The molecule has 0 aromatic heterocycles. The average Bonchev–Trinajstić information content (AvgIpc) is 3.04. The Balaban J connectivity index is 1.67. The van der Waals surface area contributed by atoms with Crippen molar-refractivity contribution in [2.45, 2.75) is 76.9 Å². The third kappa shape index (κ3) is 4.96. The van der Waals surface area contributed by atoms with E-state index in [0.29, 0.717) is 24.0 Å². The van der Waals surface area contributed by atoms with Crippen LogP contribution in [-0.4, -0.2) is 36.5 Å². The van der Waals surface area contributed by atoms with Crippen LogP contribution in [0.25, 0.3) is 0 Å². The van der Waals surface area contributed by atoms with Crippen molar-refractivity contribution in [1.29, 1.82) is 0 Å². The predicted octanol–water partition coefficient (Wildman–Crippen LogP) is 3.63. The zero-order valence-corrected chi connectivity index (χ0v) is 13.3. The summed E-state index contributed by atoms with van der Waals surface area (Å²) in [4.78, 5) is 10.7. The lowest BCUT2D eigenvalue weighted by Crippen LogP contribution is -2.31. The molecule has 2 bridgehead atoms. The maximum Gasteiger partial charge on any atom is 0.303 e. The molecule has 4 atom stereocenters. The summed E-state index contributed by atoms with van der Waals surface area (Å²) in [6.45, 7) is 3.87. The fraction of sp³-hybridized carbons (Fsp3) is 0.941. The van der Waals surface area contributed by atoms with Crippen LogP contribution in [-0.2, 0) is 14.3 Å². The van der Waals surface area contributed by atoms with Crippen molar-refractivity contribution in [3.63, 3.8) is 0 Å². The van der Waals surface area contributed by atoms with E-state index in [9.17, 15) is 4.79 Å². The van der Waals surface area contributed by atoms with Gasteiger partial charge in [-0.25, -0.2) is 0 Å². The lowest BCUT2D eigenvalue weighted by molar-refractivity contribution is -0.137. The number of hydrogen-bond donors (Lipinski definition) is 1. The first-order chi connectivity index (χ1) is 10.2. The molecule has 4 heteroatoms. The molecule has 2 aliphatic heterocycles. The van der Waals surface area contributed by atoms with E-state index in [0.717, 1.165) is 45.3 Å². The van der Waals surface area contributed by atoms with E-state index < -0.39 is 5.97 Å². The van der Waals surface area contributed by atoms with Crippen LogP contribution < -0.4 is 0 Å². The molecule has 0 aromatic carbocycles. The van der Waals surface area contributed by atoms with Gasteiger partial charge in [0.15, 0.2) is 0 Å². The van der Waals surface area contributed by atoms with Gasteiger partial charge in [-0.3, -0.25) is 4.79 Å². The van der Waals surface area contributed by atoms with Gasteiger partial charge in [0.05, 0.1) is 18.8 Å². The molecule has 0 spiro atoms. The van der Waals surface area contributed by atoms with Gasteiger partial charge in [0, 0.05) is 18.9 Å². The smallest absolute Gasteiger partial charge is 0.303 e. The molecule has 2 fully saturated rings. The van der Waals surface area contributed by atoms with E-state index in [1.165, 1.54) is 19.3 Å². The monoisotopic (exact) mass is 298 g/mol. The minimum absolute atomic E-state index is 0.276. The maximum absolute atomic E-state index is 10.7. The normalized spacial score (nSPS) is 30.9. The van der Waals surface area contributed by atoms with Gasteiger partial charge in [-0.15, -0.1) is 0 Å². The number of hydrogen-bond acceptors (Lipinski definition) is 3. The van der Waals surface area contributed by atoms with Crippen LogP contribution in [0.3, 0.4) is 0 Å². The number of rotatable bonds is 11. The van der Waals surface area contributed by atoms with Gasteiger partial charge >= 0.3 is 5.97 Å². The molecular formula is C17H30O4. The molecule has 2 rings (SSSR count). The summed E-state index contributed by atoms with van der Waals surface area (Å²) in [7, 11) is 0. The van der Waals surface area contributed by atoms with Gasteiger partial charge in [0.1, 0.15) is 0 Å². The molecule has 2 saturated heterocycles. The Labute approximate surface area is 128 Å². The molecule has 2 heterocycles. The van der Waals surface area contributed by atoms with E-state index in [1.807, 2.05) is 0 Å². The highest BCUT2D eigenvalue weighted by Gasteiger charge is 2.48. The van der Waals surface area contributed by atoms with Crippen molar-refractivity contribution in [3.8, 4) is 0 Å². The highest BCUT2D eigenvalue weighted by Crippen LogP contribution is 2.45. The van der Waals surface area contributed by atoms with E-state index in [1.54, 1.807) is 0 Å². The fourth-order valence-corrected chi connectivity index (χ4v) is 3.84. The van der Waals surface area contributed by atoms with Crippen LogP contribution in [0.5, 0.6) is 0 Å². The van der Waals surface area contributed by atoms with Crippen molar-refractivity contribution in [1.82, 2.24) is 0 Å². The first-order valence-electron chi connectivity index (χ1n) is 8.67. The molecule has 4 nitrogen and oxygen atoms in total. The number of carboxylic acids is 1. The van der Waals surface area contributed by atoms with Crippen molar-refractivity contribution in [3.05, 3.63) is 0 Å². The van der Waals surface area contributed by atoms with Crippen molar-refractivity contribution in [2.24, 2.45) is 11.8 Å². The Morgan fingerprint density at radius 2 is 1.90 bits per heavy atom. The summed E-state index contributed by atoms with van der Waals surface area (Å²) in [5.41, 5.74) is 0. The fourth-order valence-electron chi connectivity index (χ4n) is 3.84. The molecule has 0 aromatic rings. The zero-order valence-electron chi connectivity index (χ0n) is 13.3. The SMILES string of the molecule is CCCCCCOCC1C2CCC(O2)C1CCCC(=O)O. The summed E-state index contributed by atoms with van der Waals surface area (Å²) in [5.74, 6) is 0.310. The minimum Gasteiger partial charge on any atom is -0.481 e. The molecular weight excluding hydrogens is 268 g/mol. The molecule has 0 aliphatic carbocycles. The molecule has 122 valence electrons. The topological polar surface area (TPSA) is 55.8 Å². The lowest BCUT2D eigenvalue weighted by Gasteiger charge is -2.27. The van der Waals surface area contributed by atoms with Crippen LogP contribution in [0, 0.1) is 11.8 Å². The molecule has 2 aliphatic rings. The highest BCUT2D eigenvalue weighted by molar-refractivity contribution is 5.66. The number of unbranched alkanes of at least 4 members (excludes halogenated alkanes) is 3. The Morgan fingerprint density at radius 1 is 1.14 bits per heavy atom. The third-order valence-electron chi connectivity index (χ3n) is 4.97. The standard InChI is InChI=1S/C17H30O4/c1-2-3-4-5-11-20-12-14-13(7-6-8-17(18)19)15-9-10-16(14)21-15/h13-16H,2-12H2,1H3,(H,18,19). The second-order valence-corrected chi connectivity index (χ2v) is 6.54. The van der Waals surface area contributed by atoms with Crippen LogP contribution >= 0.6 is 0 Å². The number of fused-ring (bicyclic) bond motifs is 2. The quantitative estimate of drug-likeness (QED) is 0.592. The molecule has 0 amide bonds. The van der Waals surface area contributed by atoms with Gasteiger partial charge in [-0.05, 0) is 38.0 Å². The van der Waals surface area contributed by atoms with Gasteiger partial charge in [-0.1, -0.05) is 26.2 Å². The van der Waals surface area contributed by atoms with E-state index in [4.69, 9.17) is 14.6 Å². The largest absolute Gasteiger partial charge is 0.481 e. The number of ether oxygens (including phenoxy) is 2. The Morgan fingerprint density at radius 3 is 2.62 bits per heavy atom. The zero-order chi connectivity index (χ0) is 15.1. The third-order valence-corrected chi connectivity index (χ3v) is 4.97. The summed E-state index contributed by atoms with van der Waals surface area (Å²) in [6, 6.07) is 0. The van der Waals surface area contributed by atoms with E-state index in [-0.39, 0.29) is 6.42 Å². The van der Waals surface area contributed by atoms with Gasteiger partial charge in [0.2, 0.25) is 0 Å². The van der Waals surface area contributed by atoms with E-state index >= 15 is 0 Å². The first kappa shape index (κ1) is 16.8. The van der Waals surface area contributed by atoms with Gasteiger partial charge in [-0.2, -0.15) is 0 Å². The van der Waals surface area contributed by atoms with Crippen molar-refractivity contribution >= 4 is 5.97 Å². The maximum atomic E-state index is 10.7. The molecule has 4 unspecified atom stereocenters. The summed E-state index contributed by atoms with van der Waals surface area (Å²) in [5, 5.41) is 8.77. The molecule has 1 N–H and O–H groups in total. The summed E-state index contributed by atoms with van der Waals surface area (Å²) < 4.78 is 11.9. The van der Waals surface area contributed by atoms with Crippen LogP contribution in [0.15, 0.2) is 0 Å². The lowest BCUT2D eigenvalue weighted by atomic mass is 9.77. The average molecular weight is 298 g/mol. The van der Waals surface area contributed by atoms with Crippen molar-refractivity contribution < 1.29 is 19.4 Å². The van der Waals surface area contributed by atoms with Gasteiger partial charge in [0.25, 0.3) is 0 Å². The van der Waals surface area contributed by atoms with Crippen LogP contribution in [0.2, 0.25) is 0 Å². The van der Waals surface area contributed by atoms with Crippen LogP contribution in [0.1, 0.15) is 64.7 Å². The van der Waals surface area contributed by atoms with Crippen LogP contribution in [0.4, 0.5) is 0 Å². The Kier molecular flexibility index (Phi) is 6.97. The van der Waals surface area contributed by atoms with Crippen molar-refractivity contribution in [2.75, 3.05) is 13.2 Å². The van der Waals surface area contributed by atoms with Gasteiger partial charge < -0.3 is 14.6 Å². The number of aliphatic carboxylic acids is 1. The van der Waals surface area contributed by atoms with E-state index in [2.05, 4.69) is 6.92 Å². The first-order valence-corrected chi connectivity index (χ1v) is 8.67. The highest BCUT2D eigenvalue weighted by atomic mass is 16.5. The molecule has 21 heavy (non-hydrogen) atoms. The Bertz CT molecular complexity index is 318. The molecule has 0 radical (unpaired) electrons. The second kappa shape index (κ2) is 8.74.